The summed E-state index contributed by atoms with van der Waals surface area (Å²) in [6, 6.07) is 0. The van der Waals surface area contributed by atoms with Crippen LogP contribution in [-0.2, 0) is 16.4 Å². The molecule has 0 bridgehead atoms. The maximum absolute atomic E-state index is 12.1. The highest BCUT2D eigenvalue weighted by Gasteiger charge is 2.26. The lowest BCUT2D eigenvalue weighted by molar-refractivity contribution is 0.387. The predicted octanol–water partition coefficient (Wildman–Crippen LogP) is 0.675. The zero-order chi connectivity index (χ0) is 18.0. The Morgan fingerprint density at radius 1 is 1.40 bits per heavy atom. The van der Waals surface area contributed by atoms with Crippen LogP contribution >= 0.6 is 0 Å². The number of aryl methyl sites for hydroxylation is 1. The van der Waals surface area contributed by atoms with Crippen molar-refractivity contribution in [1.82, 2.24) is 25.4 Å². The molecule has 136 valence electrons. The molecular formula is C15H22N6O3S. The quantitative estimate of drug-likeness (QED) is 0.815. The number of hydrogen-bond acceptors (Lipinski definition) is 9. The van der Waals surface area contributed by atoms with Crippen molar-refractivity contribution in [3.8, 4) is 0 Å². The van der Waals surface area contributed by atoms with Crippen LogP contribution < -0.4 is 10.2 Å². The van der Waals surface area contributed by atoms with E-state index in [4.69, 9.17) is 4.52 Å². The van der Waals surface area contributed by atoms with Crippen LogP contribution in [0.1, 0.15) is 36.2 Å². The third kappa shape index (κ3) is 4.13. The molecule has 25 heavy (non-hydrogen) atoms. The Morgan fingerprint density at radius 3 is 2.80 bits per heavy atom. The Hall–Kier alpha value is -2.07. The number of aromatic nitrogens is 4. The maximum Gasteiger partial charge on any atom is 0.225 e. The molecule has 10 heteroatoms. The SMILES string of the molecule is Cc1nc(CN(C)c2ncc(S(C)(=O)=O)c(C3CCCNC3)n2)no1. The average molecular weight is 366 g/mol. The van der Waals surface area contributed by atoms with E-state index in [9.17, 15) is 8.42 Å². The van der Waals surface area contributed by atoms with Crippen LogP contribution in [0, 0.1) is 6.92 Å². The van der Waals surface area contributed by atoms with Gasteiger partial charge in [-0.15, -0.1) is 0 Å². The molecule has 3 heterocycles. The van der Waals surface area contributed by atoms with Gasteiger partial charge in [-0.2, -0.15) is 4.98 Å². The van der Waals surface area contributed by atoms with E-state index in [0.29, 0.717) is 36.4 Å². The van der Waals surface area contributed by atoms with Gasteiger partial charge >= 0.3 is 0 Å². The Labute approximate surface area is 146 Å². The molecule has 1 fully saturated rings. The summed E-state index contributed by atoms with van der Waals surface area (Å²) in [6.07, 6.45) is 4.49. The summed E-state index contributed by atoms with van der Waals surface area (Å²) in [5.74, 6) is 1.51. The van der Waals surface area contributed by atoms with E-state index in [-0.39, 0.29) is 10.8 Å². The van der Waals surface area contributed by atoms with Gasteiger partial charge in [0.15, 0.2) is 15.7 Å². The van der Waals surface area contributed by atoms with Crippen molar-refractivity contribution in [2.45, 2.75) is 37.1 Å². The van der Waals surface area contributed by atoms with E-state index in [2.05, 4.69) is 25.4 Å². The van der Waals surface area contributed by atoms with Gasteiger partial charge in [0.1, 0.15) is 4.90 Å². The van der Waals surface area contributed by atoms with E-state index in [1.165, 1.54) is 12.5 Å². The minimum absolute atomic E-state index is 0.0565. The standard InChI is InChI=1S/C15H22N6O3S/c1-10-18-13(20-24-10)9-21(2)15-17-8-12(25(3,22)23)14(19-15)11-5-4-6-16-7-11/h8,11,16H,4-7,9H2,1-3H3. The van der Waals surface area contributed by atoms with Crippen molar-refractivity contribution >= 4 is 15.8 Å². The summed E-state index contributed by atoms with van der Waals surface area (Å²) in [5, 5.41) is 7.16. The zero-order valence-electron chi connectivity index (χ0n) is 14.6. The molecule has 3 rings (SSSR count). The molecule has 1 atom stereocenters. The number of sulfone groups is 1. The van der Waals surface area contributed by atoms with Crippen molar-refractivity contribution in [3.05, 3.63) is 23.6 Å². The molecule has 0 radical (unpaired) electrons. The second-order valence-electron chi connectivity index (χ2n) is 6.32. The molecule has 1 aliphatic rings. The maximum atomic E-state index is 12.1. The minimum atomic E-state index is -3.39. The zero-order valence-corrected chi connectivity index (χ0v) is 15.4. The fourth-order valence-electron chi connectivity index (χ4n) is 2.91. The smallest absolute Gasteiger partial charge is 0.225 e. The Morgan fingerprint density at radius 2 is 2.20 bits per heavy atom. The third-order valence-corrected chi connectivity index (χ3v) is 5.26. The molecule has 0 spiro atoms. The molecule has 0 saturated carbocycles. The molecule has 1 aliphatic heterocycles. The fourth-order valence-corrected chi connectivity index (χ4v) is 3.75. The number of hydrogen-bond donors (Lipinski definition) is 1. The second kappa shape index (κ2) is 7.04. The van der Waals surface area contributed by atoms with Crippen LogP contribution in [-0.4, -0.2) is 54.9 Å². The Kier molecular flexibility index (Phi) is 5.00. The summed E-state index contributed by atoms with van der Waals surface area (Å²) in [7, 11) is -1.58. The van der Waals surface area contributed by atoms with Crippen molar-refractivity contribution in [2.24, 2.45) is 0 Å². The molecule has 0 aromatic carbocycles. The lowest BCUT2D eigenvalue weighted by atomic mass is 9.96. The predicted molar refractivity (Wildman–Crippen MR) is 91.1 cm³/mol. The first-order valence-electron chi connectivity index (χ1n) is 8.12. The van der Waals surface area contributed by atoms with Gasteiger partial charge in [0.05, 0.1) is 18.4 Å². The first-order chi connectivity index (χ1) is 11.8. The third-order valence-electron chi connectivity index (χ3n) is 4.14. The lowest BCUT2D eigenvalue weighted by Gasteiger charge is -2.25. The van der Waals surface area contributed by atoms with E-state index in [1.54, 1.807) is 11.8 Å². The highest BCUT2D eigenvalue weighted by Crippen LogP contribution is 2.28. The lowest BCUT2D eigenvalue weighted by Crippen LogP contribution is -2.30. The van der Waals surface area contributed by atoms with Gasteiger partial charge in [0.25, 0.3) is 0 Å². The summed E-state index contributed by atoms with van der Waals surface area (Å²) in [5.41, 5.74) is 0.579. The van der Waals surface area contributed by atoms with Crippen molar-refractivity contribution < 1.29 is 12.9 Å². The Balaban J connectivity index is 1.92. The summed E-state index contributed by atoms with van der Waals surface area (Å²) < 4.78 is 29.2. The van der Waals surface area contributed by atoms with E-state index in [0.717, 1.165) is 19.4 Å². The molecule has 0 amide bonds. The van der Waals surface area contributed by atoms with Gasteiger partial charge < -0.3 is 14.7 Å². The average Bonchev–Trinajstić information content (AvgIpc) is 2.99. The van der Waals surface area contributed by atoms with Crippen LogP contribution in [0.3, 0.4) is 0 Å². The number of piperidine rings is 1. The molecule has 2 aromatic heterocycles. The molecule has 9 nitrogen and oxygen atoms in total. The van der Waals surface area contributed by atoms with E-state index >= 15 is 0 Å². The van der Waals surface area contributed by atoms with Gasteiger partial charge in [0.2, 0.25) is 11.8 Å². The van der Waals surface area contributed by atoms with Crippen LogP contribution in [0.15, 0.2) is 15.6 Å². The van der Waals surface area contributed by atoms with Crippen LogP contribution in [0.5, 0.6) is 0 Å². The van der Waals surface area contributed by atoms with Crippen molar-refractivity contribution in [3.63, 3.8) is 0 Å². The van der Waals surface area contributed by atoms with Gasteiger partial charge in [-0.3, -0.25) is 0 Å². The van der Waals surface area contributed by atoms with Gasteiger partial charge in [-0.05, 0) is 19.4 Å². The summed E-state index contributed by atoms with van der Waals surface area (Å²) in [6.45, 7) is 3.76. The van der Waals surface area contributed by atoms with Crippen LogP contribution in [0.25, 0.3) is 0 Å². The molecular weight excluding hydrogens is 344 g/mol. The summed E-state index contributed by atoms with van der Waals surface area (Å²) in [4.78, 5) is 14.9. The molecule has 1 N–H and O–H groups in total. The first kappa shape index (κ1) is 17.7. The minimum Gasteiger partial charge on any atom is -0.340 e. The van der Waals surface area contributed by atoms with Gasteiger partial charge in [-0.1, -0.05) is 5.16 Å². The highest BCUT2D eigenvalue weighted by molar-refractivity contribution is 7.90. The Bertz CT molecular complexity index is 845. The van der Waals surface area contributed by atoms with Gasteiger partial charge in [-0.25, -0.2) is 18.4 Å². The van der Waals surface area contributed by atoms with E-state index < -0.39 is 9.84 Å². The summed E-state index contributed by atoms with van der Waals surface area (Å²) >= 11 is 0. The van der Waals surface area contributed by atoms with Crippen LogP contribution in [0.4, 0.5) is 5.95 Å². The second-order valence-corrected chi connectivity index (χ2v) is 8.30. The molecule has 2 aromatic rings. The van der Waals surface area contributed by atoms with Crippen molar-refractivity contribution in [1.29, 1.82) is 0 Å². The number of rotatable bonds is 5. The highest BCUT2D eigenvalue weighted by atomic mass is 32.2. The van der Waals surface area contributed by atoms with Gasteiger partial charge in [0, 0.05) is 32.7 Å². The monoisotopic (exact) mass is 366 g/mol. The largest absolute Gasteiger partial charge is 0.340 e. The molecule has 1 unspecified atom stereocenters. The fraction of sp³-hybridized carbons (Fsp3) is 0.600. The molecule has 1 saturated heterocycles. The number of nitrogens with zero attached hydrogens (tertiary/aromatic N) is 5. The number of nitrogens with one attached hydrogen (secondary N) is 1. The topological polar surface area (TPSA) is 114 Å². The normalized spacial score (nSPS) is 18.3. The number of anilines is 1. The molecule has 0 aliphatic carbocycles. The van der Waals surface area contributed by atoms with E-state index in [1.807, 2.05) is 7.05 Å². The first-order valence-corrected chi connectivity index (χ1v) is 10.0. The van der Waals surface area contributed by atoms with Crippen LogP contribution in [0.2, 0.25) is 0 Å². The van der Waals surface area contributed by atoms with Crippen molar-refractivity contribution in [2.75, 3.05) is 31.3 Å².